The Morgan fingerprint density at radius 2 is 2.04 bits per heavy atom. The molecule has 27 heavy (non-hydrogen) atoms. The summed E-state index contributed by atoms with van der Waals surface area (Å²) in [5.41, 5.74) is 1.06. The highest BCUT2D eigenvalue weighted by Gasteiger charge is 2.12. The average molecular weight is 390 g/mol. The zero-order chi connectivity index (χ0) is 18.9. The number of aromatic nitrogens is 2. The molecule has 0 spiro atoms. The largest absolute Gasteiger partial charge is 0.378 e. The number of carbonyl (C=O) groups excluding carboxylic acids is 1. The quantitative estimate of drug-likeness (QED) is 0.673. The molecule has 1 fully saturated rings. The van der Waals surface area contributed by atoms with Gasteiger partial charge in [-0.25, -0.2) is 9.97 Å². The van der Waals surface area contributed by atoms with Crippen molar-refractivity contribution in [1.82, 2.24) is 15.3 Å². The lowest BCUT2D eigenvalue weighted by molar-refractivity contribution is -0.120. The van der Waals surface area contributed by atoms with E-state index in [0.29, 0.717) is 44.2 Å². The van der Waals surface area contributed by atoms with Gasteiger partial charge in [-0.05, 0) is 24.1 Å². The van der Waals surface area contributed by atoms with Crippen LogP contribution >= 0.6 is 11.6 Å². The van der Waals surface area contributed by atoms with Gasteiger partial charge in [-0.1, -0.05) is 23.7 Å². The Hall–Kier alpha value is -2.38. The minimum absolute atomic E-state index is 0.0217. The molecule has 1 aliphatic heterocycles. The van der Waals surface area contributed by atoms with Gasteiger partial charge >= 0.3 is 0 Å². The predicted molar refractivity (Wildman–Crippen MR) is 106 cm³/mol. The van der Waals surface area contributed by atoms with Gasteiger partial charge in [0.15, 0.2) is 0 Å². The Bertz CT molecular complexity index is 752. The lowest BCUT2D eigenvalue weighted by Gasteiger charge is -2.27. The minimum atomic E-state index is 0.0217. The van der Waals surface area contributed by atoms with Crippen molar-refractivity contribution in [3.63, 3.8) is 0 Å². The molecular formula is C19H24ClN5O2. The second-order valence-electron chi connectivity index (χ2n) is 6.27. The Morgan fingerprint density at radius 3 is 2.85 bits per heavy atom. The number of nitrogens with zero attached hydrogens (tertiary/aromatic N) is 3. The third-order valence-corrected chi connectivity index (χ3v) is 4.51. The maximum Gasteiger partial charge on any atom is 0.220 e. The van der Waals surface area contributed by atoms with Crippen LogP contribution in [0.3, 0.4) is 0 Å². The van der Waals surface area contributed by atoms with Crippen LogP contribution in [-0.4, -0.2) is 55.3 Å². The number of anilines is 2. The fourth-order valence-corrected chi connectivity index (χ4v) is 3.05. The van der Waals surface area contributed by atoms with Gasteiger partial charge < -0.3 is 20.3 Å². The molecule has 2 N–H and O–H groups in total. The summed E-state index contributed by atoms with van der Waals surface area (Å²) in [6.07, 6.45) is 2.67. The first-order valence-corrected chi connectivity index (χ1v) is 9.48. The van der Waals surface area contributed by atoms with Gasteiger partial charge in [0.25, 0.3) is 0 Å². The molecule has 144 valence electrons. The van der Waals surface area contributed by atoms with E-state index in [2.05, 4.69) is 25.5 Å². The normalized spacial score (nSPS) is 14.0. The van der Waals surface area contributed by atoms with Crippen LogP contribution in [0.15, 0.2) is 36.7 Å². The van der Waals surface area contributed by atoms with Crippen LogP contribution < -0.4 is 15.5 Å². The van der Waals surface area contributed by atoms with Crippen LogP contribution in [0, 0.1) is 0 Å². The van der Waals surface area contributed by atoms with E-state index < -0.39 is 0 Å². The first-order valence-electron chi connectivity index (χ1n) is 9.10. The molecule has 0 radical (unpaired) electrons. The number of benzene rings is 1. The summed E-state index contributed by atoms with van der Waals surface area (Å²) in [5, 5.41) is 6.82. The molecule has 0 unspecified atom stereocenters. The van der Waals surface area contributed by atoms with Crippen molar-refractivity contribution in [2.45, 2.75) is 12.8 Å². The second-order valence-corrected chi connectivity index (χ2v) is 6.70. The van der Waals surface area contributed by atoms with Crippen LogP contribution in [0.2, 0.25) is 5.02 Å². The highest BCUT2D eigenvalue weighted by atomic mass is 35.5. The van der Waals surface area contributed by atoms with Gasteiger partial charge in [0.2, 0.25) is 5.91 Å². The standard InChI is InChI=1S/C19H24ClN5O2/c20-16-3-1-2-15(12-16)4-5-19(26)22-7-6-21-17-13-18(24-14-23-17)25-8-10-27-11-9-25/h1-3,12-14H,4-11H2,(H,22,26)(H,21,23,24). The number of carbonyl (C=O) groups is 1. The third-order valence-electron chi connectivity index (χ3n) is 4.27. The number of aryl methyl sites for hydroxylation is 1. The van der Waals surface area contributed by atoms with Crippen molar-refractivity contribution >= 4 is 29.1 Å². The number of ether oxygens (including phenoxy) is 1. The fraction of sp³-hybridized carbons (Fsp3) is 0.421. The van der Waals surface area contributed by atoms with Crippen molar-refractivity contribution in [2.75, 3.05) is 49.6 Å². The van der Waals surface area contributed by atoms with E-state index in [4.69, 9.17) is 16.3 Å². The van der Waals surface area contributed by atoms with E-state index in [9.17, 15) is 4.79 Å². The first kappa shape index (κ1) is 19.4. The number of hydrogen-bond acceptors (Lipinski definition) is 6. The van der Waals surface area contributed by atoms with Crippen LogP contribution in [0.25, 0.3) is 0 Å². The van der Waals surface area contributed by atoms with Crippen molar-refractivity contribution in [2.24, 2.45) is 0 Å². The molecule has 1 aliphatic rings. The molecule has 1 saturated heterocycles. The summed E-state index contributed by atoms with van der Waals surface area (Å²) in [7, 11) is 0. The van der Waals surface area contributed by atoms with E-state index in [1.165, 1.54) is 0 Å². The summed E-state index contributed by atoms with van der Waals surface area (Å²) in [5.74, 6) is 1.66. The van der Waals surface area contributed by atoms with E-state index in [0.717, 1.165) is 30.3 Å². The van der Waals surface area contributed by atoms with Gasteiger partial charge in [-0.15, -0.1) is 0 Å². The molecule has 1 aromatic carbocycles. The molecule has 0 atom stereocenters. The Balaban J connectivity index is 1.36. The highest BCUT2D eigenvalue weighted by Crippen LogP contribution is 2.15. The van der Waals surface area contributed by atoms with E-state index in [-0.39, 0.29) is 5.91 Å². The Morgan fingerprint density at radius 1 is 1.19 bits per heavy atom. The second kappa shape index (κ2) is 10.1. The third kappa shape index (κ3) is 6.37. The van der Waals surface area contributed by atoms with Crippen molar-refractivity contribution in [1.29, 1.82) is 0 Å². The monoisotopic (exact) mass is 389 g/mol. The first-order chi connectivity index (χ1) is 13.2. The van der Waals surface area contributed by atoms with E-state index >= 15 is 0 Å². The van der Waals surface area contributed by atoms with Crippen molar-refractivity contribution < 1.29 is 9.53 Å². The van der Waals surface area contributed by atoms with E-state index in [1.54, 1.807) is 6.33 Å². The van der Waals surface area contributed by atoms with Gasteiger partial charge in [-0.2, -0.15) is 0 Å². The van der Waals surface area contributed by atoms with Crippen LogP contribution in [-0.2, 0) is 16.0 Å². The lowest BCUT2D eigenvalue weighted by Crippen LogP contribution is -2.36. The van der Waals surface area contributed by atoms with Crippen molar-refractivity contribution in [3.8, 4) is 0 Å². The average Bonchev–Trinajstić information content (AvgIpc) is 2.71. The minimum Gasteiger partial charge on any atom is -0.378 e. The number of hydrogen-bond donors (Lipinski definition) is 2. The summed E-state index contributed by atoms with van der Waals surface area (Å²) in [4.78, 5) is 22.7. The molecule has 0 saturated carbocycles. The molecule has 3 rings (SSSR count). The number of amides is 1. The smallest absolute Gasteiger partial charge is 0.220 e. The lowest BCUT2D eigenvalue weighted by atomic mass is 10.1. The van der Waals surface area contributed by atoms with E-state index in [1.807, 2.05) is 30.3 Å². The van der Waals surface area contributed by atoms with Gasteiger partial charge in [-0.3, -0.25) is 4.79 Å². The SMILES string of the molecule is O=C(CCc1cccc(Cl)c1)NCCNc1cc(N2CCOCC2)ncn1. The number of morpholine rings is 1. The summed E-state index contributed by atoms with van der Waals surface area (Å²) in [6, 6.07) is 9.51. The summed E-state index contributed by atoms with van der Waals surface area (Å²) >= 11 is 5.95. The number of halogens is 1. The maximum atomic E-state index is 12.0. The molecule has 2 aromatic rings. The van der Waals surface area contributed by atoms with Gasteiger partial charge in [0.1, 0.15) is 18.0 Å². The predicted octanol–water partition coefficient (Wildman–Crippen LogP) is 2.13. The highest BCUT2D eigenvalue weighted by molar-refractivity contribution is 6.30. The molecule has 1 amide bonds. The molecule has 2 heterocycles. The fourth-order valence-electron chi connectivity index (χ4n) is 2.84. The molecule has 8 heteroatoms. The van der Waals surface area contributed by atoms with Crippen molar-refractivity contribution in [3.05, 3.63) is 47.2 Å². The van der Waals surface area contributed by atoms with Crippen LogP contribution in [0.5, 0.6) is 0 Å². The summed E-state index contributed by atoms with van der Waals surface area (Å²) in [6.45, 7) is 4.23. The number of rotatable bonds is 8. The molecule has 7 nitrogen and oxygen atoms in total. The molecule has 0 aliphatic carbocycles. The zero-order valence-corrected chi connectivity index (χ0v) is 15.9. The molecule has 1 aromatic heterocycles. The maximum absolute atomic E-state index is 12.0. The Kier molecular flexibility index (Phi) is 7.24. The summed E-state index contributed by atoms with van der Waals surface area (Å²) < 4.78 is 5.36. The molecule has 0 bridgehead atoms. The topological polar surface area (TPSA) is 79.4 Å². The zero-order valence-electron chi connectivity index (χ0n) is 15.2. The van der Waals surface area contributed by atoms with Crippen LogP contribution in [0.1, 0.15) is 12.0 Å². The Labute approximate surface area is 164 Å². The van der Waals surface area contributed by atoms with Crippen LogP contribution in [0.4, 0.5) is 11.6 Å². The molecular weight excluding hydrogens is 366 g/mol. The number of nitrogens with one attached hydrogen (secondary N) is 2. The van der Waals surface area contributed by atoms with Gasteiger partial charge in [0.05, 0.1) is 13.2 Å². The van der Waals surface area contributed by atoms with Gasteiger partial charge in [0, 0.05) is 43.7 Å².